The Hall–Kier alpha value is -3.78. The molecule has 2 aromatic carbocycles. The van der Waals surface area contributed by atoms with Gasteiger partial charge in [-0.25, -0.2) is 9.78 Å². The Balaban J connectivity index is 1.77. The highest BCUT2D eigenvalue weighted by atomic mass is 19.4. The molecule has 0 aliphatic rings. The third-order valence-corrected chi connectivity index (χ3v) is 5.22. The summed E-state index contributed by atoms with van der Waals surface area (Å²) < 4.78 is 41.7. The van der Waals surface area contributed by atoms with Crippen LogP contribution in [0.15, 0.2) is 72.9 Å². The first-order valence-corrected chi connectivity index (χ1v) is 10.3. The van der Waals surface area contributed by atoms with E-state index in [1.807, 2.05) is 43.3 Å². The molecule has 0 saturated carbocycles. The van der Waals surface area contributed by atoms with Crippen molar-refractivity contribution in [2.45, 2.75) is 25.7 Å². The Labute approximate surface area is 188 Å². The number of aromatic nitrogens is 2. The normalized spacial score (nSPS) is 12.5. The number of aryl methyl sites for hydroxylation is 1. The number of nitrogens with zero attached hydrogens (tertiary/aromatic N) is 2. The second-order valence-electron chi connectivity index (χ2n) is 7.37. The first kappa shape index (κ1) is 22.4. The van der Waals surface area contributed by atoms with Crippen molar-refractivity contribution in [2.75, 3.05) is 0 Å². The number of halogens is 3. The van der Waals surface area contributed by atoms with Crippen LogP contribution in [0.3, 0.4) is 0 Å². The number of carbonyl (C=O) groups is 1. The third-order valence-electron chi connectivity index (χ3n) is 5.22. The number of fused-ring (bicyclic) bond motifs is 1. The molecule has 0 bridgehead atoms. The molecule has 168 valence electrons. The minimum atomic E-state index is -5.11. The SMILES string of the molecule is CCc1nccc2nc(-c3ccc(C(N)OC(=O)C(F)(F)F)cc3)c(-c3ccccc3)cc12. The molecule has 0 radical (unpaired) electrons. The van der Waals surface area contributed by atoms with Crippen molar-refractivity contribution in [2.24, 2.45) is 5.73 Å². The molecule has 4 rings (SSSR count). The average Bonchev–Trinajstić information content (AvgIpc) is 2.82. The lowest BCUT2D eigenvalue weighted by Crippen LogP contribution is -2.29. The number of hydrogen-bond acceptors (Lipinski definition) is 5. The van der Waals surface area contributed by atoms with Crippen molar-refractivity contribution in [3.8, 4) is 22.4 Å². The van der Waals surface area contributed by atoms with Gasteiger partial charge in [0, 0.05) is 34.0 Å². The summed E-state index contributed by atoms with van der Waals surface area (Å²) in [7, 11) is 0. The maximum Gasteiger partial charge on any atom is 0.490 e. The number of esters is 1. The maximum absolute atomic E-state index is 12.5. The lowest BCUT2D eigenvalue weighted by molar-refractivity contribution is -0.205. The number of alkyl halides is 3. The number of hydrogen-bond donors (Lipinski definition) is 1. The van der Waals surface area contributed by atoms with Crippen LogP contribution >= 0.6 is 0 Å². The van der Waals surface area contributed by atoms with Crippen LogP contribution in [-0.2, 0) is 16.0 Å². The first-order valence-electron chi connectivity index (χ1n) is 10.3. The number of ether oxygens (including phenoxy) is 1. The monoisotopic (exact) mass is 451 g/mol. The molecule has 0 fully saturated rings. The van der Waals surface area contributed by atoms with Gasteiger partial charge in [-0.1, -0.05) is 61.5 Å². The van der Waals surface area contributed by atoms with Crippen molar-refractivity contribution in [3.63, 3.8) is 0 Å². The van der Waals surface area contributed by atoms with Gasteiger partial charge in [-0.15, -0.1) is 0 Å². The number of benzene rings is 2. The number of nitrogens with two attached hydrogens (primary N) is 1. The third kappa shape index (κ3) is 4.70. The molecule has 33 heavy (non-hydrogen) atoms. The molecule has 0 aliphatic heterocycles. The Morgan fingerprint density at radius 1 is 1.03 bits per heavy atom. The van der Waals surface area contributed by atoms with Crippen molar-refractivity contribution in [1.29, 1.82) is 0 Å². The summed E-state index contributed by atoms with van der Waals surface area (Å²) in [5, 5.41) is 0.959. The van der Waals surface area contributed by atoms with E-state index in [2.05, 4.69) is 15.8 Å². The average molecular weight is 451 g/mol. The fraction of sp³-hybridized carbons (Fsp3) is 0.160. The molecule has 0 spiro atoms. The zero-order chi connectivity index (χ0) is 23.6. The van der Waals surface area contributed by atoms with Crippen molar-refractivity contribution in [3.05, 3.63) is 84.2 Å². The molecule has 1 atom stereocenters. The fourth-order valence-electron chi connectivity index (χ4n) is 3.57. The molecule has 0 amide bonds. The van der Waals surface area contributed by atoms with Gasteiger partial charge in [0.15, 0.2) is 6.23 Å². The van der Waals surface area contributed by atoms with Crippen LogP contribution in [0.4, 0.5) is 13.2 Å². The smallest absolute Gasteiger partial charge is 0.436 e. The lowest BCUT2D eigenvalue weighted by Gasteiger charge is -2.16. The summed E-state index contributed by atoms with van der Waals surface area (Å²) in [5.41, 5.74) is 10.9. The van der Waals surface area contributed by atoms with Gasteiger partial charge in [0.25, 0.3) is 0 Å². The minimum absolute atomic E-state index is 0.232. The van der Waals surface area contributed by atoms with Crippen molar-refractivity contribution < 1.29 is 22.7 Å². The van der Waals surface area contributed by atoms with Gasteiger partial charge in [-0.05, 0) is 24.1 Å². The molecule has 2 N–H and O–H groups in total. The molecule has 2 aromatic heterocycles. The summed E-state index contributed by atoms with van der Waals surface area (Å²) in [5.74, 6) is -2.33. The molecule has 4 aromatic rings. The van der Waals surface area contributed by atoms with Crippen LogP contribution in [0.5, 0.6) is 0 Å². The molecule has 1 unspecified atom stereocenters. The number of carbonyl (C=O) groups excluding carboxylic acids is 1. The lowest BCUT2D eigenvalue weighted by atomic mass is 9.96. The van der Waals surface area contributed by atoms with E-state index in [4.69, 9.17) is 10.7 Å². The Morgan fingerprint density at radius 3 is 2.36 bits per heavy atom. The molecule has 8 heteroatoms. The van der Waals surface area contributed by atoms with Gasteiger partial charge in [0.2, 0.25) is 0 Å². The van der Waals surface area contributed by atoms with Gasteiger partial charge in [0.05, 0.1) is 11.2 Å². The van der Waals surface area contributed by atoms with E-state index in [1.54, 1.807) is 18.3 Å². The van der Waals surface area contributed by atoms with Crippen LogP contribution in [0.2, 0.25) is 0 Å². The Bertz CT molecular complexity index is 1290. The standard InChI is InChI=1S/C25H20F3N3O2/c1-2-20-19-14-18(15-6-4-3-5-7-15)22(31-21(19)12-13-30-20)16-8-10-17(11-9-16)23(29)33-24(32)25(26,27)28/h3-14,23H,2,29H2,1H3. The fourth-order valence-corrected chi connectivity index (χ4v) is 3.57. The van der Waals surface area contributed by atoms with Crippen LogP contribution in [-0.4, -0.2) is 22.1 Å². The van der Waals surface area contributed by atoms with E-state index in [0.717, 1.165) is 39.7 Å². The topological polar surface area (TPSA) is 78.1 Å². The summed E-state index contributed by atoms with van der Waals surface area (Å²) >= 11 is 0. The van der Waals surface area contributed by atoms with Gasteiger partial charge >= 0.3 is 12.1 Å². The summed E-state index contributed by atoms with van der Waals surface area (Å²) in [6.45, 7) is 2.03. The highest BCUT2D eigenvalue weighted by molar-refractivity contribution is 5.92. The van der Waals surface area contributed by atoms with Crippen LogP contribution in [0.1, 0.15) is 24.4 Å². The summed E-state index contributed by atoms with van der Waals surface area (Å²) in [6, 6.07) is 20.1. The van der Waals surface area contributed by atoms with Gasteiger partial charge in [-0.2, -0.15) is 13.2 Å². The minimum Gasteiger partial charge on any atom is -0.436 e. The number of pyridine rings is 2. The van der Waals surface area contributed by atoms with Crippen LogP contribution in [0.25, 0.3) is 33.3 Å². The first-order chi connectivity index (χ1) is 15.8. The molecule has 5 nitrogen and oxygen atoms in total. The second-order valence-corrected chi connectivity index (χ2v) is 7.37. The molecule has 0 aliphatic carbocycles. The molecular weight excluding hydrogens is 431 g/mol. The zero-order valence-corrected chi connectivity index (χ0v) is 17.6. The van der Waals surface area contributed by atoms with E-state index in [9.17, 15) is 18.0 Å². The Kier molecular flexibility index (Phi) is 6.11. The van der Waals surface area contributed by atoms with E-state index < -0.39 is 18.4 Å². The summed E-state index contributed by atoms with van der Waals surface area (Å²) in [4.78, 5) is 20.4. The van der Waals surface area contributed by atoms with Gasteiger partial charge in [-0.3, -0.25) is 10.7 Å². The van der Waals surface area contributed by atoms with E-state index in [0.29, 0.717) is 5.69 Å². The van der Waals surface area contributed by atoms with E-state index in [-0.39, 0.29) is 5.56 Å². The second kappa shape index (κ2) is 8.99. The number of rotatable bonds is 5. The predicted molar refractivity (Wildman–Crippen MR) is 119 cm³/mol. The zero-order valence-electron chi connectivity index (χ0n) is 17.6. The predicted octanol–water partition coefficient (Wildman–Crippen LogP) is 5.59. The van der Waals surface area contributed by atoms with Gasteiger partial charge < -0.3 is 4.74 Å². The maximum atomic E-state index is 12.5. The molecular formula is C25H20F3N3O2. The quantitative estimate of drug-likeness (QED) is 0.316. The van der Waals surface area contributed by atoms with Crippen LogP contribution < -0.4 is 5.73 Å². The van der Waals surface area contributed by atoms with Crippen molar-refractivity contribution >= 4 is 16.9 Å². The van der Waals surface area contributed by atoms with Crippen LogP contribution in [0, 0.1) is 0 Å². The van der Waals surface area contributed by atoms with E-state index >= 15 is 0 Å². The summed E-state index contributed by atoms with van der Waals surface area (Å²) in [6.07, 6.45) is -4.17. The largest absolute Gasteiger partial charge is 0.490 e. The van der Waals surface area contributed by atoms with Crippen molar-refractivity contribution in [1.82, 2.24) is 9.97 Å². The highest BCUT2D eigenvalue weighted by Crippen LogP contribution is 2.34. The molecule has 0 saturated heterocycles. The van der Waals surface area contributed by atoms with Gasteiger partial charge in [0.1, 0.15) is 0 Å². The Morgan fingerprint density at radius 2 is 1.73 bits per heavy atom. The molecule has 2 heterocycles. The van der Waals surface area contributed by atoms with E-state index in [1.165, 1.54) is 12.1 Å². The highest BCUT2D eigenvalue weighted by Gasteiger charge is 2.42.